The Labute approximate surface area is 134 Å². The maximum Gasteiger partial charge on any atom is 0.130 e. The van der Waals surface area contributed by atoms with Crippen LogP contribution in [0.15, 0.2) is 16.6 Å². The van der Waals surface area contributed by atoms with Gasteiger partial charge in [0.25, 0.3) is 0 Å². The van der Waals surface area contributed by atoms with Crippen LogP contribution in [-0.4, -0.2) is 39.4 Å². The highest BCUT2D eigenvalue weighted by Crippen LogP contribution is 2.40. The van der Waals surface area contributed by atoms with Crippen LogP contribution in [-0.2, 0) is 11.3 Å². The molecule has 1 aromatic heterocycles. The van der Waals surface area contributed by atoms with E-state index in [0.29, 0.717) is 10.4 Å². The van der Waals surface area contributed by atoms with E-state index in [1.807, 2.05) is 17.2 Å². The summed E-state index contributed by atoms with van der Waals surface area (Å²) < 4.78 is 0.697. The molecule has 0 bridgehead atoms. The Bertz CT molecular complexity index is 705. The number of phenols is 1. The molecule has 0 spiro atoms. The van der Waals surface area contributed by atoms with Crippen molar-refractivity contribution in [2.75, 3.05) is 18.2 Å². The van der Waals surface area contributed by atoms with Crippen molar-refractivity contribution in [1.29, 1.82) is 0 Å². The first-order chi connectivity index (χ1) is 10.1. The van der Waals surface area contributed by atoms with Gasteiger partial charge in [0.05, 0.1) is 10.5 Å². The third-order valence-electron chi connectivity index (χ3n) is 4.21. The van der Waals surface area contributed by atoms with Crippen LogP contribution in [0, 0.1) is 0 Å². The number of fused-ring (bicyclic) bond motifs is 5. The van der Waals surface area contributed by atoms with Crippen LogP contribution in [0.25, 0.3) is 10.9 Å². The molecule has 0 aliphatic carbocycles. The Morgan fingerprint density at radius 3 is 3.19 bits per heavy atom. The Morgan fingerprint density at radius 2 is 2.33 bits per heavy atom. The second kappa shape index (κ2) is 5.17. The summed E-state index contributed by atoms with van der Waals surface area (Å²) in [6.07, 6.45) is 0.893. The van der Waals surface area contributed by atoms with E-state index in [0.717, 1.165) is 35.3 Å². The molecule has 3 heterocycles. The van der Waals surface area contributed by atoms with Crippen LogP contribution in [0.2, 0.25) is 0 Å². The molecule has 7 heteroatoms. The first kappa shape index (κ1) is 13.9. The maximum absolute atomic E-state index is 9.94. The molecule has 21 heavy (non-hydrogen) atoms. The summed E-state index contributed by atoms with van der Waals surface area (Å²) in [6, 6.07) is 3.83. The van der Waals surface area contributed by atoms with Crippen molar-refractivity contribution in [3.8, 4) is 5.75 Å². The minimum atomic E-state index is 0.0293. The van der Waals surface area contributed by atoms with Crippen LogP contribution >= 0.6 is 27.7 Å². The number of aromatic hydroxyl groups is 1. The fourth-order valence-electron chi connectivity index (χ4n) is 3.26. The number of hydrogen-bond acceptors (Lipinski definition) is 5. The lowest BCUT2D eigenvalue weighted by Crippen LogP contribution is -2.44. The van der Waals surface area contributed by atoms with Gasteiger partial charge in [-0.3, -0.25) is 4.84 Å². The molecule has 5 nitrogen and oxygen atoms in total. The lowest BCUT2D eigenvalue weighted by Gasteiger charge is -2.35. The fraction of sp³-hybridized carbons (Fsp3) is 0.429. The zero-order valence-electron chi connectivity index (χ0n) is 11.3. The topological polar surface area (TPSA) is 74.5 Å². The Hall–Kier alpha value is -0.730. The predicted octanol–water partition coefficient (Wildman–Crippen LogP) is 2.50. The van der Waals surface area contributed by atoms with Gasteiger partial charge >= 0.3 is 0 Å². The van der Waals surface area contributed by atoms with E-state index in [2.05, 4.69) is 20.9 Å². The lowest BCUT2D eigenvalue weighted by molar-refractivity contribution is -0.175. The van der Waals surface area contributed by atoms with Gasteiger partial charge in [-0.25, -0.2) is 0 Å². The van der Waals surface area contributed by atoms with Crippen molar-refractivity contribution in [3.63, 3.8) is 0 Å². The number of hydroxylamine groups is 2. The Balaban J connectivity index is 1.89. The number of rotatable bonds is 0. The molecular weight excluding hydrogens is 354 g/mol. The molecule has 2 aliphatic rings. The molecule has 0 amide bonds. The highest BCUT2D eigenvalue weighted by Gasteiger charge is 2.37. The number of halogens is 1. The SMILES string of the molecule is NC1CSCON2CCc3c([nH]c4cc(Br)c(O)cc34)C12. The molecule has 0 saturated carbocycles. The van der Waals surface area contributed by atoms with Gasteiger partial charge in [0, 0.05) is 34.9 Å². The first-order valence-electron chi connectivity index (χ1n) is 6.91. The van der Waals surface area contributed by atoms with Gasteiger partial charge in [0.2, 0.25) is 0 Å². The molecular formula is C14H16BrN3O2S. The van der Waals surface area contributed by atoms with Crippen molar-refractivity contribution in [2.45, 2.75) is 18.5 Å². The van der Waals surface area contributed by atoms with E-state index < -0.39 is 0 Å². The van der Waals surface area contributed by atoms with Gasteiger partial charge < -0.3 is 15.8 Å². The van der Waals surface area contributed by atoms with Gasteiger partial charge in [-0.1, -0.05) is 0 Å². The van der Waals surface area contributed by atoms with Crippen LogP contribution in [0.3, 0.4) is 0 Å². The van der Waals surface area contributed by atoms with Gasteiger partial charge in [0.15, 0.2) is 0 Å². The number of nitrogens with zero attached hydrogens (tertiary/aromatic N) is 1. The van der Waals surface area contributed by atoms with Crippen LogP contribution in [0.5, 0.6) is 5.75 Å². The van der Waals surface area contributed by atoms with Crippen LogP contribution in [0.1, 0.15) is 17.3 Å². The quantitative estimate of drug-likeness (QED) is 0.665. The number of aromatic amines is 1. The number of hydrogen-bond donors (Lipinski definition) is 3. The minimum Gasteiger partial charge on any atom is -0.507 e. The fourth-order valence-corrected chi connectivity index (χ4v) is 4.36. The average molecular weight is 370 g/mol. The van der Waals surface area contributed by atoms with Crippen molar-refractivity contribution < 1.29 is 9.94 Å². The molecule has 2 aliphatic heterocycles. The maximum atomic E-state index is 9.94. The summed E-state index contributed by atoms with van der Waals surface area (Å²) in [5.41, 5.74) is 9.77. The van der Waals surface area contributed by atoms with Crippen molar-refractivity contribution >= 4 is 38.6 Å². The lowest BCUT2D eigenvalue weighted by atomic mass is 9.95. The largest absolute Gasteiger partial charge is 0.507 e. The van der Waals surface area contributed by atoms with E-state index in [4.69, 9.17) is 10.6 Å². The van der Waals surface area contributed by atoms with Crippen LogP contribution < -0.4 is 5.73 Å². The van der Waals surface area contributed by atoms with E-state index >= 15 is 0 Å². The summed E-state index contributed by atoms with van der Waals surface area (Å²) in [5, 5.41) is 13.0. The monoisotopic (exact) mass is 369 g/mol. The number of nitrogens with one attached hydrogen (secondary N) is 1. The Kier molecular flexibility index (Phi) is 3.42. The second-order valence-corrected chi connectivity index (χ2v) is 7.32. The number of H-pyrrole nitrogens is 1. The number of benzene rings is 1. The summed E-state index contributed by atoms with van der Waals surface area (Å²) in [4.78, 5) is 9.30. The minimum absolute atomic E-state index is 0.0293. The summed E-state index contributed by atoms with van der Waals surface area (Å²) >= 11 is 5.10. The molecule has 2 atom stereocenters. The van der Waals surface area contributed by atoms with Crippen LogP contribution in [0.4, 0.5) is 0 Å². The van der Waals surface area contributed by atoms with Gasteiger partial charge in [0.1, 0.15) is 11.7 Å². The van der Waals surface area contributed by atoms with Gasteiger partial charge in [-0.15, -0.1) is 11.8 Å². The van der Waals surface area contributed by atoms with Gasteiger partial charge in [-0.05, 0) is 40.0 Å². The molecule has 2 aromatic rings. The second-order valence-electron chi connectivity index (χ2n) is 5.48. The molecule has 112 valence electrons. The highest BCUT2D eigenvalue weighted by molar-refractivity contribution is 9.10. The molecule has 1 aromatic carbocycles. The number of aromatic nitrogens is 1. The molecule has 1 saturated heterocycles. The van der Waals surface area contributed by atoms with E-state index in [1.54, 1.807) is 11.8 Å². The van der Waals surface area contributed by atoms with E-state index in [1.165, 1.54) is 5.56 Å². The normalized spacial score (nSPS) is 26.4. The average Bonchev–Trinajstić information content (AvgIpc) is 2.68. The number of thioether (sulfide) groups is 1. The van der Waals surface area contributed by atoms with Crippen molar-refractivity contribution in [1.82, 2.24) is 10.0 Å². The third-order valence-corrected chi connectivity index (χ3v) is 5.74. The van der Waals surface area contributed by atoms with E-state index in [-0.39, 0.29) is 17.8 Å². The number of phenolic OH excluding ortho intramolecular Hbond substituents is 1. The molecule has 4 N–H and O–H groups in total. The van der Waals surface area contributed by atoms with Crippen molar-refractivity contribution in [3.05, 3.63) is 27.9 Å². The predicted molar refractivity (Wildman–Crippen MR) is 87.2 cm³/mol. The first-order valence-corrected chi connectivity index (χ1v) is 8.86. The molecule has 4 rings (SSSR count). The van der Waals surface area contributed by atoms with Gasteiger partial charge in [-0.2, -0.15) is 5.06 Å². The third kappa shape index (κ3) is 2.19. The smallest absolute Gasteiger partial charge is 0.130 e. The summed E-state index contributed by atoms with van der Waals surface area (Å²) in [7, 11) is 0. The standard InChI is InChI=1S/C14H16BrN3O2S/c15-9-4-11-8(3-12(9)19)7-1-2-18-14(13(7)17-11)10(16)5-21-6-20-18/h3-4,10,14,17,19H,1-2,5-6,16H2. The number of nitrogens with two attached hydrogens (primary N) is 1. The molecule has 0 radical (unpaired) electrons. The van der Waals surface area contributed by atoms with Crippen molar-refractivity contribution in [2.24, 2.45) is 5.73 Å². The molecule has 1 fully saturated rings. The van der Waals surface area contributed by atoms with E-state index in [9.17, 15) is 5.11 Å². The molecule has 2 unspecified atom stereocenters. The highest BCUT2D eigenvalue weighted by atomic mass is 79.9. The Morgan fingerprint density at radius 1 is 1.48 bits per heavy atom. The zero-order chi connectivity index (χ0) is 14.6. The zero-order valence-corrected chi connectivity index (χ0v) is 13.7. The summed E-state index contributed by atoms with van der Waals surface area (Å²) in [6.45, 7) is 0.829. The summed E-state index contributed by atoms with van der Waals surface area (Å²) in [5.74, 6) is 1.81.